The van der Waals surface area contributed by atoms with Gasteiger partial charge in [0.15, 0.2) is 0 Å². The molecule has 0 aromatic heterocycles. The zero-order chi connectivity index (χ0) is 31.1. The van der Waals surface area contributed by atoms with Gasteiger partial charge in [-0.2, -0.15) is 0 Å². The van der Waals surface area contributed by atoms with Crippen molar-refractivity contribution < 1.29 is 19.2 Å². The number of nitrogens with zero attached hydrogens (tertiary/aromatic N) is 1. The van der Waals surface area contributed by atoms with Crippen LogP contribution >= 0.6 is 46.4 Å². The van der Waals surface area contributed by atoms with E-state index in [1.54, 1.807) is 32.0 Å². The number of aryl methyl sites for hydroxylation is 2. The van der Waals surface area contributed by atoms with Gasteiger partial charge in [-0.15, -0.1) is 0 Å². The van der Waals surface area contributed by atoms with Crippen LogP contribution in [0, 0.1) is 24.0 Å². The first-order valence-electron chi connectivity index (χ1n) is 14.0. The second kappa shape index (κ2) is 18.2. The summed E-state index contributed by atoms with van der Waals surface area (Å²) in [6.07, 6.45) is 10.2. The molecule has 0 saturated carbocycles. The molecule has 0 aliphatic carbocycles. The van der Waals surface area contributed by atoms with Gasteiger partial charge in [0.05, 0.1) is 17.1 Å². The lowest BCUT2D eigenvalue weighted by Gasteiger charge is -2.10. The molecule has 3 aromatic rings. The quantitative estimate of drug-likeness (QED) is 0.0431. The van der Waals surface area contributed by atoms with Crippen LogP contribution in [0.2, 0.25) is 0 Å². The Morgan fingerprint density at radius 2 is 1.24 bits per heavy atom. The number of esters is 1. The standard InChI is InChI=1S/C31H37NO5.CCl4/c1-4-5-6-7-8-9-10-11-20-36-27-16-12-25(13-17-27)26-14-18-28(19-15-26)37-31(33)29-22-30(32(34)35)24(3)21-23(29)2;2-1(3,4)5/h12-19,21-22H,4-11,20H2,1-3H3;. The molecule has 228 valence electrons. The van der Waals surface area contributed by atoms with Gasteiger partial charge < -0.3 is 9.47 Å². The number of carbonyl (C=O) groups is 1. The summed E-state index contributed by atoms with van der Waals surface area (Å²) in [5.74, 6) is 0.618. The van der Waals surface area contributed by atoms with E-state index in [2.05, 4.69) is 6.92 Å². The predicted octanol–water partition coefficient (Wildman–Crippen LogP) is 11.2. The monoisotopic (exact) mass is 655 g/mol. The van der Waals surface area contributed by atoms with Gasteiger partial charge in [-0.1, -0.05) is 123 Å². The van der Waals surface area contributed by atoms with Crippen LogP contribution in [0.15, 0.2) is 60.7 Å². The Morgan fingerprint density at radius 3 is 1.74 bits per heavy atom. The molecule has 42 heavy (non-hydrogen) atoms. The number of carbonyl (C=O) groups excluding carboxylic acids is 1. The average molecular weight is 657 g/mol. The maximum Gasteiger partial charge on any atom is 0.344 e. The van der Waals surface area contributed by atoms with Crippen molar-refractivity contribution in [3.63, 3.8) is 0 Å². The second-order valence-corrected chi connectivity index (χ2v) is 13.3. The van der Waals surface area contributed by atoms with Crippen LogP contribution in [0.5, 0.6) is 11.5 Å². The molecule has 0 aliphatic heterocycles. The number of ether oxygens (including phenoxy) is 2. The minimum Gasteiger partial charge on any atom is -0.494 e. The molecule has 0 atom stereocenters. The van der Waals surface area contributed by atoms with Crippen molar-refractivity contribution in [2.75, 3.05) is 6.61 Å². The highest BCUT2D eigenvalue weighted by atomic mass is 35.6. The third-order valence-corrected chi connectivity index (χ3v) is 6.48. The molecule has 3 rings (SSSR count). The molecule has 0 aliphatic rings. The van der Waals surface area contributed by atoms with E-state index < -0.39 is 14.1 Å². The zero-order valence-corrected chi connectivity index (χ0v) is 27.2. The summed E-state index contributed by atoms with van der Waals surface area (Å²) in [4.78, 5) is 23.4. The van der Waals surface area contributed by atoms with E-state index in [1.165, 1.54) is 51.0 Å². The van der Waals surface area contributed by atoms with E-state index in [9.17, 15) is 14.9 Å². The Morgan fingerprint density at radius 1 is 0.762 bits per heavy atom. The van der Waals surface area contributed by atoms with Gasteiger partial charge in [0.2, 0.25) is 0 Å². The van der Waals surface area contributed by atoms with Crippen LogP contribution in [0.4, 0.5) is 5.69 Å². The summed E-state index contributed by atoms with van der Waals surface area (Å²) in [5, 5.41) is 11.2. The van der Waals surface area contributed by atoms with Gasteiger partial charge in [0, 0.05) is 11.6 Å². The van der Waals surface area contributed by atoms with Crippen molar-refractivity contribution in [1.82, 2.24) is 0 Å². The molecule has 0 radical (unpaired) electrons. The minimum atomic E-state index is -1.61. The summed E-state index contributed by atoms with van der Waals surface area (Å²) < 4.78 is 9.76. The Balaban J connectivity index is 0.00000113. The maximum atomic E-state index is 12.7. The molecule has 3 aromatic carbocycles. The lowest BCUT2D eigenvalue weighted by molar-refractivity contribution is -0.385. The number of alkyl halides is 4. The number of rotatable bonds is 14. The van der Waals surface area contributed by atoms with Crippen molar-refractivity contribution in [3.8, 4) is 22.6 Å². The van der Waals surface area contributed by atoms with Crippen molar-refractivity contribution in [3.05, 3.63) is 87.5 Å². The van der Waals surface area contributed by atoms with E-state index in [4.69, 9.17) is 55.9 Å². The topological polar surface area (TPSA) is 78.7 Å². The number of benzene rings is 3. The minimum absolute atomic E-state index is 0.0990. The summed E-state index contributed by atoms with van der Waals surface area (Å²) >= 11 is 19.3. The first-order chi connectivity index (χ1) is 19.9. The van der Waals surface area contributed by atoms with Gasteiger partial charge in [-0.25, -0.2) is 4.79 Å². The summed E-state index contributed by atoms with van der Waals surface area (Å²) in [6.45, 7) is 6.36. The highest BCUT2D eigenvalue weighted by Gasteiger charge is 2.19. The van der Waals surface area contributed by atoms with Crippen molar-refractivity contribution in [2.24, 2.45) is 0 Å². The Hall–Kier alpha value is -2.51. The van der Waals surface area contributed by atoms with Gasteiger partial charge in [-0.3, -0.25) is 10.1 Å². The number of halogens is 4. The van der Waals surface area contributed by atoms with Gasteiger partial charge in [0.1, 0.15) is 11.5 Å². The fourth-order valence-electron chi connectivity index (χ4n) is 4.30. The molecule has 0 N–H and O–H groups in total. The molecule has 0 bridgehead atoms. The van der Waals surface area contributed by atoms with Crippen LogP contribution in [0.3, 0.4) is 0 Å². The molecule has 0 heterocycles. The first-order valence-corrected chi connectivity index (χ1v) is 15.5. The fourth-order valence-corrected chi connectivity index (χ4v) is 4.30. The van der Waals surface area contributed by atoms with E-state index >= 15 is 0 Å². The van der Waals surface area contributed by atoms with Crippen LogP contribution in [-0.4, -0.2) is 20.8 Å². The van der Waals surface area contributed by atoms with Crippen LogP contribution in [0.1, 0.15) is 79.8 Å². The Kier molecular flexibility index (Phi) is 15.5. The average Bonchev–Trinajstić information content (AvgIpc) is 2.92. The first kappa shape index (κ1) is 35.7. The van der Waals surface area contributed by atoms with E-state index in [1.807, 2.05) is 36.4 Å². The molecule has 6 nitrogen and oxygen atoms in total. The lowest BCUT2D eigenvalue weighted by Crippen LogP contribution is -2.11. The summed E-state index contributed by atoms with van der Waals surface area (Å²) in [6, 6.07) is 18.1. The SMILES string of the molecule is CCCCCCCCCCOc1ccc(-c2ccc(OC(=O)c3cc([N+](=O)[O-])c(C)cc3C)cc2)cc1.ClC(Cl)(Cl)Cl. The number of hydrogen-bond acceptors (Lipinski definition) is 5. The number of nitro groups is 1. The third-order valence-electron chi connectivity index (χ3n) is 6.48. The molecule has 0 spiro atoms. The summed E-state index contributed by atoms with van der Waals surface area (Å²) in [5.41, 5.74) is 3.24. The van der Waals surface area contributed by atoms with Crippen molar-refractivity contribution >= 4 is 58.1 Å². The largest absolute Gasteiger partial charge is 0.494 e. The van der Waals surface area contributed by atoms with Gasteiger partial charge >= 0.3 is 5.97 Å². The number of hydrogen-bond donors (Lipinski definition) is 0. The zero-order valence-electron chi connectivity index (χ0n) is 24.1. The Labute approximate surface area is 268 Å². The fraction of sp³-hybridized carbons (Fsp3) is 0.406. The van der Waals surface area contributed by atoms with Gasteiger partial charge in [-0.05, 0) is 67.3 Å². The molecule has 0 saturated heterocycles. The molecule has 0 fully saturated rings. The van der Waals surface area contributed by atoms with Gasteiger partial charge in [0.25, 0.3) is 8.94 Å². The maximum absolute atomic E-state index is 12.7. The molecular formula is C32H37Cl4NO5. The van der Waals surface area contributed by atoms with E-state index in [-0.39, 0.29) is 11.3 Å². The second-order valence-electron chi connectivity index (χ2n) is 9.90. The molecule has 10 heteroatoms. The lowest BCUT2D eigenvalue weighted by atomic mass is 10.0. The molecule has 0 amide bonds. The van der Waals surface area contributed by atoms with Crippen molar-refractivity contribution in [1.29, 1.82) is 0 Å². The molecule has 0 unspecified atom stereocenters. The predicted molar refractivity (Wildman–Crippen MR) is 174 cm³/mol. The van der Waals surface area contributed by atoms with E-state index in [0.29, 0.717) is 16.9 Å². The highest BCUT2D eigenvalue weighted by Crippen LogP contribution is 2.30. The number of unbranched alkanes of at least 4 members (excludes halogenated alkanes) is 7. The van der Waals surface area contributed by atoms with E-state index in [0.717, 1.165) is 29.9 Å². The highest BCUT2D eigenvalue weighted by molar-refractivity contribution is 6.83. The van der Waals surface area contributed by atoms with Crippen molar-refractivity contribution in [2.45, 2.75) is 75.4 Å². The molecular weight excluding hydrogens is 620 g/mol. The third kappa shape index (κ3) is 13.6. The number of nitro benzene ring substituents is 1. The Bertz CT molecular complexity index is 1270. The van der Waals surface area contributed by atoms with Crippen LogP contribution in [0.25, 0.3) is 11.1 Å². The van der Waals surface area contributed by atoms with Crippen LogP contribution < -0.4 is 9.47 Å². The smallest absolute Gasteiger partial charge is 0.344 e. The normalized spacial score (nSPS) is 10.9. The van der Waals surface area contributed by atoms with Crippen LogP contribution in [-0.2, 0) is 0 Å². The summed E-state index contributed by atoms with van der Waals surface area (Å²) in [7, 11) is 0.